The molecule has 1 saturated carbocycles. The van der Waals surface area contributed by atoms with E-state index >= 15 is 0 Å². The number of rotatable bonds is 8. The number of carbonyl (C=O) groups excluding carboxylic acids is 1. The third-order valence-electron chi connectivity index (χ3n) is 7.40. The van der Waals surface area contributed by atoms with Gasteiger partial charge in [0.25, 0.3) is 11.5 Å². The van der Waals surface area contributed by atoms with Crippen LogP contribution in [0.1, 0.15) is 59.0 Å². The van der Waals surface area contributed by atoms with Crippen molar-refractivity contribution in [3.63, 3.8) is 0 Å². The van der Waals surface area contributed by atoms with Crippen molar-refractivity contribution in [1.82, 2.24) is 19.4 Å². The van der Waals surface area contributed by atoms with Gasteiger partial charge in [0.15, 0.2) is 5.56 Å². The monoisotopic (exact) mass is 538 g/mol. The Kier molecular flexibility index (Phi) is 7.29. The van der Waals surface area contributed by atoms with Gasteiger partial charge in [0.05, 0.1) is 19.2 Å². The van der Waals surface area contributed by atoms with Gasteiger partial charge in [-0.15, -0.1) is 0 Å². The van der Waals surface area contributed by atoms with Gasteiger partial charge in [0.1, 0.15) is 23.0 Å². The van der Waals surface area contributed by atoms with Crippen LogP contribution < -0.4 is 15.0 Å². The average molecular weight is 539 g/mol. The van der Waals surface area contributed by atoms with E-state index in [-0.39, 0.29) is 11.5 Å². The number of carbonyl (C=O) groups is 1. The quantitative estimate of drug-likeness (QED) is 0.456. The van der Waals surface area contributed by atoms with Gasteiger partial charge in [-0.1, -0.05) is 30.5 Å². The van der Waals surface area contributed by atoms with E-state index < -0.39 is 17.3 Å². The fourth-order valence-corrected chi connectivity index (χ4v) is 5.45. The Hall–Kier alpha value is -3.59. The molecule has 10 heteroatoms. The molecule has 1 N–H and O–H groups in total. The normalized spacial score (nSPS) is 17.1. The molecule has 1 aliphatic heterocycles. The molecular weight excluding hydrogens is 508 g/mol. The van der Waals surface area contributed by atoms with Crippen LogP contribution in [0, 0.1) is 12.8 Å². The number of aryl methyl sites for hydroxylation is 2. The number of para-hydroxylation sites is 1. The van der Waals surface area contributed by atoms with E-state index in [2.05, 4.69) is 9.97 Å². The Morgan fingerprint density at radius 2 is 1.89 bits per heavy atom. The molecule has 1 unspecified atom stereocenters. The van der Waals surface area contributed by atoms with E-state index in [1.54, 1.807) is 29.3 Å². The van der Waals surface area contributed by atoms with Crippen molar-refractivity contribution < 1.29 is 19.4 Å². The largest absolute Gasteiger partial charge is 0.494 e. The minimum atomic E-state index is -0.743. The van der Waals surface area contributed by atoms with Crippen LogP contribution in [-0.4, -0.2) is 57.8 Å². The Labute approximate surface area is 226 Å². The molecule has 2 fully saturated rings. The number of hydrogen-bond acceptors (Lipinski definition) is 7. The second kappa shape index (κ2) is 10.6. The zero-order chi connectivity index (χ0) is 27.0. The molecule has 38 heavy (non-hydrogen) atoms. The summed E-state index contributed by atoms with van der Waals surface area (Å²) in [5.74, 6) is 0.747. The highest BCUT2D eigenvalue weighted by Gasteiger charge is 2.35. The molecule has 9 nitrogen and oxygen atoms in total. The molecule has 5 rings (SSSR count). The van der Waals surface area contributed by atoms with Gasteiger partial charge >= 0.3 is 0 Å². The third-order valence-corrected chi connectivity index (χ3v) is 7.60. The summed E-state index contributed by atoms with van der Waals surface area (Å²) in [4.78, 5) is 37.3. The first kappa shape index (κ1) is 26.0. The van der Waals surface area contributed by atoms with E-state index in [9.17, 15) is 14.7 Å². The lowest BCUT2D eigenvalue weighted by atomic mass is 10.0. The summed E-state index contributed by atoms with van der Waals surface area (Å²) in [7, 11) is 3.02. The van der Waals surface area contributed by atoms with Crippen molar-refractivity contribution in [2.75, 3.05) is 27.3 Å². The fraction of sp³-hybridized carbons (Fsp3) is 0.429. The standard InChI is InChI=1S/C28H31ClN4O5/c1-16-13-19(29)14-30-24(16)18-11-12-32(15-18)27(35)23-26(34)31-22(10-9-17-7-8-17)33(28(23)36)25-20(37-2)5-4-6-21(25)38-3/h4-6,13-14,17-18,36H,7-12,15H2,1-3H3. The topological polar surface area (TPSA) is 107 Å². The number of methoxy groups -OCH3 is 2. The van der Waals surface area contributed by atoms with E-state index in [1.807, 2.05) is 13.0 Å². The van der Waals surface area contributed by atoms with Gasteiger partial charge < -0.3 is 19.5 Å². The molecule has 1 atom stereocenters. The zero-order valence-corrected chi connectivity index (χ0v) is 22.5. The number of aromatic nitrogens is 3. The molecule has 3 heterocycles. The number of likely N-dealkylation sites (tertiary alicyclic amines) is 1. The molecule has 0 bridgehead atoms. The van der Waals surface area contributed by atoms with Crippen LogP contribution in [0.15, 0.2) is 35.3 Å². The van der Waals surface area contributed by atoms with Crippen LogP contribution in [0.3, 0.4) is 0 Å². The maximum atomic E-state index is 13.7. The molecule has 1 aliphatic carbocycles. The van der Waals surface area contributed by atoms with Crippen molar-refractivity contribution >= 4 is 17.5 Å². The van der Waals surface area contributed by atoms with Gasteiger partial charge in [0.2, 0.25) is 5.88 Å². The smallest absolute Gasteiger partial charge is 0.289 e. The van der Waals surface area contributed by atoms with E-state index in [1.165, 1.54) is 18.8 Å². The molecule has 2 aromatic heterocycles. The number of amides is 1. The summed E-state index contributed by atoms with van der Waals surface area (Å²) in [5, 5.41) is 12.1. The van der Waals surface area contributed by atoms with Crippen LogP contribution in [0.25, 0.3) is 5.69 Å². The number of hydrogen-bond donors (Lipinski definition) is 1. The molecule has 200 valence electrons. The van der Waals surface area contributed by atoms with E-state index in [0.717, 1.165) is 30.5 Å². The minimum absolute atomic E-state index is 0.000621. The van der Waals surface area contributed by atoms with Crippen LogP contribution in [0.2, 0.25) is 5.02 Å². The number of pyridine rings is 1. The Morgan fingerprint density at radius 3 is 2.53 bits per heavy atom. The molecule has 1 amide bonds. The fourth-order valence-electron chi connectivity index (χ4n) is 5.24. The van der Waals surface area contributed by atoms with Crippen molar-refractivity contribution in [1.29, 1.82) is 0 Å². The molecular formula is C28H31ClN4O5. The van der Waals surface area contributed by atoms with Crippen molar-refractivity contribution in [3.05, 3.63) is 68.5 Å². The van der Waals surface area contributed by atoms with Crippen molar-refractivity contribution in [2.45, 2.75) is 44.9 Å². The lowest BCUT2D eigenvalue weighted by Gasteiger charge is -2.22. The Bertz CT molecular complexity index is 1410. The molecule has 0 spiro atoms. The van der Waals surface area contributed by atoms with E-state index in [4.69, 9.17) is 21.1 Å². The molecule has 1 saturated heterocycles. The number of ether oxygens (including phenoxy) is 2. The maximum Gasteiger partial charge on any atom is 0.289 e. The summed E-state index contributed by atoms with van der Waals surface area (Å²) in [5.41, 5.74) is 1.11. The number of benzene rings is 1. The van der Waals surface area contributed by atoms with Gasteiger partial charge in [-0.2, -0.15) is 4.98 Å². The summed E-state index contributed by atoms with van der Waals surface area (Å²) in [6.07, 6.45) is 5.87. The third kappa shape index (κ3) is 4.95. The first-order valence-corrected chi connectivity index (χ1v) is 13.2. The summed E-state index contributed by atoms with van der Waals surface area (Å²) >= 11 is 6.07. The summed E-state index contributed by atoms with van der Waals surface area (Å²) in [6.45, 7) is 2.73. The first-order chi connectivity index (χ1) is 18.3. The molecule has 0 radical (unpaired) electrons. The van der Waals surface area contributed by atoms with Crippen molar-refractivity contribution in [3.8, 4) is 23.1 Å². The molecule has 1 aromatic carbocycles. The van der Waals surface area contributed by atoms with Crippen molar-refractivity contribution in [2.24, 2.45) is 5.92 Å². The highest BCUT2D eigenvalue weighted by molar-refractivity contribution is 6.30. The SMILES string of the molecule is COc1cccc(OC)c1-n1c(CCC2CC2)nc(=O)c(C(=O)N2CCC(c3ncc(Cl)cc3C)C2)c1O. The lowest BCUT2D eigenvalue weighted by Crippen LogP contribution is -2.35. The predicted molar refractivity (Wildman–Crippen MR) is 143 cm³/mol. The van der Waals surface area contributed by atoms with Crippen LogP contribution >= 0.6 is 11.6 Å². The van der Waals surface area contributed by atoms with E-state index in [0.29, 0.717) is 59.9 Å². The Morgan fingerprint density at radius 1 is 1.18 bits per heavy atom. The van der Waals surface area contributed by atoms with Gasteiger partial charge in [-0.25, -0.2) is 0 Å². The van der Waals surface area contributed by atoms with Gasteiger partial charge in [0, 0.05) is 37.3 Å². The zero-order valence-electron chi connectivity index (χ0n) is 21.7. The predicted octanol–water partition coefficient (Wildman–Crippen LogP) is 4.28. The molecule has 3 aromatic rings. The highest BCUT2D eigenvalue weighted by atomic mass is 35.5. The number of nitrogens with zero attached hydrogens (tertiary/aromatic N) is 4. The number of halogens is 1. The second-order valence-electron chi connectivity index (χ2n) is 9.95. The average Bonchev–Trinajstić information content (AvgIpc) is 3.61. The lowest BCUT2D eigenvalue weighted by molar-refractivity contribution is 0.0784. The second-order valence-corrected chi connectivity index (χ2v) is 10.4. The van der Waals surface area contributed by atoms with Gasteiger partial charge in [-0.3, -0.25) is 19.1 Å². The van der Waals surface area contributed by atoms with Crippen LogP contribution in [0.4, 0.5) is 0 Å². The molecule has 2 aliphatic rings. The first-order valence-electron chi connectivity index (χ1n) is 12.8. The summed E-state index contributed by atoms with van der Waals surface area (Å²) < 4.78 is 12.6. The van der Waals surface area contributed by atoms with Gasteiger partial charge in [-0.05, 0) is 49.4 Å². The highest BCUT2D eigenvalue weighted by Crippen LogP contribution is 2.39. The maximum absolute atomic E-state index is 13.7. The minimum Gasteiger partial charge on any atom is -0.494 e. The van der Waals surface area contributed by atoms with Crippen LogP contribution in [-0.2, 0) is 6.42 Å². The number of aromatic hydroxyl groups is 1. The summed E-state index contributed by atoms with van der Waals surface area (Å²) in [6, 6.07) is 7.08. The Balaban J connectivity index is 1.55. The van der Waals surface area contributed by atoms with Crippen LogP contribution in [0.5, 0.6) is 17.4 Å².